The van der Waals surface area contributed by atoms with Crippen molar-refractivity contribution in [2.75, 3.05) is 19.0 Å². The van der Waals surface area contributed by atoms with Crippen LogP contribution < -0.4 is 14.8 Å². The molecule has 1 N–H and O–H groups in total. The molecule has 0 radical (unpaired) electrons. The van der Waals surface area contributed by atoms with Crippen molar-refractivity contribution in [3.05, 3.63) is 95.1 Å². The summed E-state index contributed by atoms with van der Waals surface area (Å²) in [5, 5.41) is 11.6. The topological polar surface area (TPSA) is 97.7 Å². The van der Waals surface area contributed by atoms with Crippen LogP contribution in [0.4, 0.5) is 5.69 Å². The Hall–Kier alpha value is -4.57. The number of nitrogens with one attached hydrogen (secondary N) is 1. The van der Waals surface area contributed by atoms with Gasteiger partial charge in [0, 0.05) is 17.3 Å². The van der Waals surface area contributed by atoms with E-state index in [-0.39, 0.29) is 6.61 Å². The third kappa shape index (κ3) is 6.95. The van der Waals surface area contributed by atoms with Crippen LogP contribution in [-0.2, 0) is 14.3 Å². The Balaban J connectivity index is 1.77. The van der Waals surface area contributed by atoms with Gasteiger partial charge in [0.1, 0.15) is 6.07 Å². The van der Waals surface area contributed by atoms with E-state index in [1.165, 1.54) is 13.2 Å². The first-order valence-corrected chi connectivity index (χ1v) is 10.9. The molecule has 0 bridgehead atoms. The van der Waals surface area contributed by atoms with E-state index in [4.69, 9.17) is 19.5 Å². The fourth-order valence-electron chi connectivity index (χ4n) is 3.31. The maximum atomic E-state index is 13.1. The molecule has 1 unspecified atom stereocenters. The average Bonchev–Trinajstić information content (AvgIpc) is 2.87. The molecule has 0 aliphatic carbocycles. The van der Waals surface area contributed by atoms with E-state index < -0.39 is 18.0 Å². The molecule has 0 saturated carbocycles. The summed E-state index contributed by atoms with van der Waals surface area (Å²) in [6.07, 6.45) is 1.65. The van der Waals surface area contributed by atoms with Crippen molar-refractivity contribution in [1.82, 2.24) is 0 Å². The number of benzene rings is 3. The lowest BCUT2D eigenvalue weighted by molar-refractivity contribution is -0.149. The number of hydrogen-bond donors (Lipinski definition) is 1. The average molecular weight is 471 g/mol. The number of nitrogens with zero attached hydrogens (tertiary/aromatic N) is 1. The van der Waals surface area contributed by atoms with Gasteiger partial charge in [0.15, 0.2) is 18.1 Å². The summed E-state index contributed by atoms with van der Waals surface area (Å²) in [5.74, 6) is -0.294. The van der Waals surface area contributed by atoms with E-state index in [0.29, 0.717) is 28.3 Å². The number of esters is 1. The quantitative estimate of drug-likeness (QED) is 0.343. The molecule has 1 amide bonds. The molecule has 3 rings (SSSR count). The summed E-state index contributed by atoms with van der Waals surface area (Å²) in [5.41, 5.74) is 3.77. The fraction of sp³-hybridized carbons (Fsp3) is 0.179. The minimum atomic E-state index is -1.13. The number of anilines is 1. The lowest BCUT2D eigenvalue weighted by Gasteiger charge is -2.18. The molecule has 3 aromatic rings. The van der Waals surface area contributed by atoms with Crippen LogP contribution in [0.3, 0.4) is 0 Å². The van der Waals surface area contributed by atoms with Gasteiger partial charge in [-0.05, 0) is 54.8 Å². The second kappa shape index (κ2) is 12.1. The predicted molar refractivity (Wildman–Crippen MR) is 133 cm³/mol. The van der Waals surface area contributed by atoms with Crippen LogP contribution in [0.5, 0.6) is 11.5 Å². The van der Waals surface area contributed by atoms with Crippen LogP contribution in [0, 0.1) is 25.2 Å². The molecule has 35 heavy (non-hydrogen) atoms. The molecule has 0 aliphatic rings. The molecule has 0 aromatic heterocycles. The molecule has 0 heterocycles. The first-order chi connectivity index (χ1) is 16.9. The molecular weight excluding hydrogens is 444 g/mol. The van der Waals surface area contributed by atoms with Gasteiger partial charge in [0.2, 0.25) is 6.10 Å². The zero-order valence-corrected chi connectivity index (χ0v) is 19.8. The lowest BCUT2D eigenvalue weighted by atomic mass is 10.1. The summed E-state index contributed by atoms with van der Waals surface area (Å²) in [6, 6.07) is 21.5. The van der Waals surface area contributed by atoms with Crippen LogP contribution in [0.2, 0.25) is 0 Å². The summed E-state index contributed by atoms with van der Waals surface area (Å²) < 4.78 is 16.2. The number of hydrogen-bond acceptors (Lipinski definition) is 6. The third-order valence-corrected chi connectivity index (χ3v) is 5.12. The number of amides is 1. The number of carbonyl (C=O) groups excluding carboxylic acids is 2. The van der Waals surface area contributed by atoms with Gasteiger partial charge in [0.25, 0.3) is 5.91 Å². The highest BCUT2D eigenvalue weighted by atomic mass is 16.5. The maximum absolute atomic E-state index is 13.1. The van der Waals surface area contributed by atoms with Gasteiger partial charge in [-0.25, -0.2) is 4.79 Å². The van der Waals surface area contributed by atoms with Crippen LogP contribution in [0.25, 0.3) is 6.08 Å². The third-order valence-electron chi connectivity index (χ3n) is 5.12. The Bertz CT molecular complexity index is 1260. The predicted octanol–water partition coefficient (Wildman–Crippen LogP) is 5.15. The molecule has 7 heteroatoms. The minimum absolute atomic E-state index is 0.108. The second-order valence-electron chi connectivity index (χ2n) is 7.73. The molecule has 0 aliphatic heterocycles. The highest BCUT2D eigenvalue weighted by Crippen LogP contribution is 2.29. The van der Waals surface area contributed by atoms with E-state index in [1.807, 2.05) is 44.2 Å². The summed E-state index contributed by atoms with van der Waals surface area (Å²) in [6.45, 7) is 3.72. The Morgan fingerprint density at radius 1 is 1.03 bits per heavy atom. The monoisotopic (exact) mass is 470 g/mol. The summed E-state index contributed by atoms with van der Waals surface area (Å²) in [7, 11) is 1.48. The van der Waals surface area contributed by atoms with Crippen molar-refractivity contribution in [1.29, 1.82) is 5.26 Å². The first-order valence-electron chi connectivity index (χ1n) is 10.9. The van der Waals surface area contributed by atoms with Crippen molar-refractivity contribution >= 4 is 23.6 Å². The number of aryl methyl sites for hydroxylation is 2. The summed E-state index contributed by atoms with van der Waals surface area (Å²) >= 11 is 0. The van der Waals surface area contributed by atoms with Crippen LogP contribution >= 0.6 is 0 Å². The van der Waals surface area contributed by atoms with E-state index in [0.717, 1.165) is 11.1 Å². The molecular formula is C28H26N2O5. The van der Waals surface area contributed by atoms with Gasteiger partial charge < -0.3 is 19.5 Å². The zero-order valence-electron chi connectivity index (χ0n) is 19.8. The van der Waals surface area contributed by atoms with Gasteiger partial charge in [0.05, 0.1) is 7.11 Å². The van der Waals surface area contributed by atoms with Crippen molar-refractivity contribution < 1.29 is 23.8 Å². The molecule has 0 fully saturated rings. The lowest BCUT2D eigenvalue weighted by Crippen LogP contribution is -2.25. The van der Waals surface area contributed by atoms with Crippen molar-refractivity contribution in [2.45, 2.75) is 20.0 Å². The molecule has 3 aromatic carbocycles. The standard InChI is InChI=1S/C28H26N2O5/c1-19-9-10-20(2)23(17-19)30-28(32)27(22-7-5-4-6-8-22)35-26(31)14-12-21-11-13-24(34-16-15-29)25(18-21)33-3/h4-14,17-18,27H,16H2,1-3H3,(H,30,32)/b14-12+. The van der Waals surface area contributed by atoms with Gasteiger partial charge in [-0.2, -0.15) is 5.26 Å². The Labute approximate surface area is 204 Å². The smallest absolute Gasteiger partial charge is 0.331 e. The van der Waals surface area contributed by atoms with Crippen LogP contribution in [0.15, 0.2) is 72.8 Å². The normalized spacial score (nSPS) is 11.4. The van der Waals surface area contributed by atoms with Crippen LogP contribution in [0.1, 0.15) is 28.4 Å². The van der Waals surface area contributed by atoms with E-state index in [2.05, 4.69) is 5.32 Å². The Morgan fingerprint density at radius 3 is 2.51 bits per heavy atom. The van der Waals surface area contributed by atoms with Gasteiger partial charge >= 0.3 is 5.97 Å². The molecule has 178 valence electrons. The number of methoxy groups -OCH3 is 1. The maximum Gasteiger partial charge on any atom is 0.331 e. The van der Waals surface area contributed by atoms with Crippen molar-refractivity contribution in [3.8, 4) is 17.6 Å². The zero-order chi connectivity index (χ0) is 25.2. The van der Waals surface area contributed by atoms with Crippen molar-refractivity contribution in [3.63, 3.8) is 0 Å². The summed E-state index contributed by atoms with van der Waals surface area (Å²) in [4.78, 5) is 25.8. The number of rotatable bonds is 9. The molecule has 0 saturated heterocycles. The number of nitriles is 1. The van der Waals surface area contributed by atoms with Gasteiger partial charge in [-0.3, -0.25) is 4.79 Å². The Morgan fingerprint density at radius 2 is 1.80 bits per heavy atom. The van der Waals surface area contributed by atoms with E-state index in [1.54, 1.807) is 48.5 Å². The van der Waals surface area contributed by atoms with Crippen LogP contribution in [-0.4, -0.2) is 25.6 Å². The molecule has 1 atom stereocenters. The first kappa shape index (κ1) is 25.1. The molecule has 7 nitrogen and oxygen atoms in total. The number of ether oxygens (including phenoxy) is 3. The molecule has 0 spiro atoms. The van der Waals surface area contributed by atoms with E-state index >= 15 is 0 Å². The highest BCUT2D eigenvalue weighted by Gasteiger charge is 2.25. The fourth-order valence-corrected chi connectivity index (χ4v) is 3.31. The van der Waals surface area contributed by atoms with Gasteiger partial charge in [-0.15, -0.1) is 0 Å². The largest absolute Gasteiger partial charge is 0.493 e. The van der Waals surface area contributed by atoms with Gasteiger partial charge in [-0.1, -0.05) is 48.5 Å². The minimum Gasteiger partial charge on any atom is -0.493 e. The second-order valence-corrected chi connectivity index (χ2v) is 7.73. The van der Waals surface area contributed by atoms with Crippen molar-refractivity contribution in [2.24, 2.45) is 0 Å². The Kier molecular flexibility index (Phi) is 8.63. The van der Waals surface area contributed by atoms with E-state index in [9.17, 15) is 9.59 Å². The number of carbonyl (C=O) groups is 2. The SMILES string of the molecule is COc1cc(/C=C/C(=O)OC(C(=O)Nc2cc(C)ccc2C)c2ccccc2)ccc1OCC#N. The highest BCUT2D eigenvalue weighted by molar-refractivity contribution is 5.98.